The summed E-state index contributed by atoms with van der Waals surface area (Å²) < 4.78 is 0. The summed E-state index contributed by atoms with van der Waals surface area (Å²) in [6.45, 7) is 0. The SMILES string of the molecule is [Br][Ge]([Br])([Br])[Br].c1ccccc1. The summed E-state index contributed by atoms with van der Waals surface area (Å²) >= 11 is 13.2. The van der Waals surface area contributed by atoms with Crippen molar-refractivity contribution in [3.05, 3.63) is 36.4 Å². The van der Waals surface area contributed by atoms with E-state index in [1.54, 1.807) is 0 Å². The minimum atomic E-state index is -1.75. The Hall–Kier alpha value is 1.68. The Morgan fingerprint density at radius 1 is 0.545 bits per heavy atom. The molecule has 0 aliphatic heterocycles. The van der Waals surface area contributed by atoms with E-state index in [0.717, 1.165) is 0 Å². The van der Waals surface area contributed by atoms with Crippen LogP contribution in [0.1, 0.15) is 0 Å². The fourth-order valence-electron chi connectivity index (χ4n) is 0.385. The number of halogens is 4. The Labute approximate surface area is 97.0 Å². The molecule has 0 saturated carbocycles. The van der Waals surface area contributed by atoms with Gasteiger partial charge in [0.2, 0.25) is 0 Å². The summed E-state index contributed by atoms with van der Waals surface area (Å²) in [5, 5.41) is 0. The van der Waals surface area contributed by atoms with Gasteiger partial charge in [-0.1, -0.05) is 36.4 Å². The summed E-state index contributed by atoms with van der Waals surface area (Å²) in [6, 6.07) is 12.0. The molecular weight excluding hydrogens is 464 g/mol. The Morgan fingerprint density at radius 2 is 0.636 bits per heavy atom. The van der Waals surface area contributed by atoms with E-state index in [9.17, 15) is 0 Å². The molecule has 11 heavy (non-hydrogen) atoms. The normalized spacial score (nSPS) is 9.82. The molecule has 0 amide bonds. The molecule has 0 aliphatic rings. The van der Waals surface area contributed by atoms with Crippen LogP contribution >= 0.6 is 56.0 Å². The molecule has 0 aliphatic carbocycles. The molecule has 0 aromatic heterocycles. The second-order valence-electron chi connectivity index (χ2n) is 1.58. The molecule has 62 valence electrons. The first kappa shape index (κ1) is 12.7. The molecule has 1 aromatic rings. The minimum absolute atomic E-state index is 1.75. The maximum Gasteiger partial charge on any atom is -0.0623 e. The maximum atomic E-state index is 3.31. The molecule has 0 radical (unpaired) electrons. The first-order chi connectivity index (χ1) is 5.00. The maximum absolute atomic E-state index is 3.31. The molecule has 0 saturated heterocycles. The van der Waals surface area contributed by atoms with Crippen LogP contribution in [0.3, 0.4) is 0 Å². The van der Waals surface area contributed by atoms with Crippen LogP contribution in [0, 0.1) is 0 Å². The molecule has 0 atom stereocenters. The van der Waals surface area contributed by atoms with Crippen LogP contribution in [0.2, 0.25) is 0 Å². The number of benzene rings is 1. The van der Waals surface area contributed by atoms with E-state index in [0.29, 0.717) is 0 Å². The van der Waals surface area contributed by atoms with Gasteiger partial charge in [-0.25, -0.2) is 0 Å². The third-order valence-corrected chi connectivity index (χ3v) is 0.667. The van der Waals surface area contributed by atoms with Gasteiger partial charge < -0.3 is 0 Å². The smallest absolute Gasteiger partial charge is 0.0623 e. The Bertz CT molecular complexity index is 139. The molecule has 0 nitrogen and oxygen atoms in total. The summed E-state index contributed by atoms with van der Waals surface area (Å²) in [4.78, 5) is 0. The predicted octanol–water partition coefficient (Wildman–Crippen LogP) is 4.69. The van der Waals surface area contributed by atoms with E-state index >= 15 is 0 Å². The summed E-state index contributed by atoms with van der Waals surface area (Å²) in [6.07, 6.45) is 0. The summed E-state index contributed by atoms with van der Waals surface area (Å²) in [5.74, 6) is -1.75. The standard InChI is InChI=1S/C6H6.Br4Ge/c1-2-4-6-5-3-1;1-5(2,3)4/h1-6H;. The van der Waals surface area contributed by atoms with Crippen LogP contribution in [-0.4, -0.2) is 5.90 Å². The van der Waals surface area contributed by atoms with Crippen molar-refractivity contribution in [2.75, 3.05) is 0 Å². The topological polar surface area (TPSA) is 0 Å². The van der Waals surface area contributed by atoms with Gasteiger partial charge in [0.15, 0.2) is 0 Å². The Kier molecular flexibility index (Phi) is 8.21. The fourth-order valence-corrected chi connectivity index (χ4v) is 0.385. The van der Waals surface area contributed by atoms with E-state index in [-0.39, 0.29) is 0 Å². The van der Waals surface area contributed by atoms with E-state index < -0.39 is 5.90 Å². The molecule has 0 fully saturated rings. The minimum Gasteiger partial charge on any atom is -0.0623 e. The zero-order chi connectivity index (χ0) is 8.74. The molecular formula is C6H6Br4Ge. The monoisotopic (exact) mass is 468 g/mol. The van der Waals surface area contributed by atoms with Crippen molar-refractivity contribution < 1.29 is 0 Å². The van der Waals surface area contributed by atoms with E-state index in [4.69, 9.17) is 0 Å². The van der Waals surface area contributed by atoms with E-state index in [1.807, 2.05) is 36.4 Å². The third-order valence-electron chi connectivity index (χ3n) is 0.667. The zero-order valence-corrected chi connectivity index (χ0v) is 13.9. The van der Waals surface area contributed by atoms with Crippen LogP contribution in [0.25, 0.3) is 0 Å². The van der Waals surface area contributed by atoms with Gasteiger partial charge in [-0.15, -0.1) is 0 Å². The van der Waals surface area contributed by atoms with Crippen LogP contribution < -0.4 is 0 Å². The zero-order valence-electron chi connectivity index (χ0n) is 5.48. The summed E-state index contributed by atoms with van der Waals surface area (Å²) in [7, 11) is 0. The van der Waals surface area contributed by atoms with Gasteiger partial charge >= 0.3 is 61.9 Å². The number of hydrogen-bond acceptors (Lipinski definition) is 0. The average molecular weight is 470 g/mol. The van der Waals surface area contributed by atoms with Crippen molar-refractivity contribution in [2.24, 2.45) is 0 Å². The van der Waals surface area contributed by atoms with Crippen molar-refractivity contribution in [1.29, 1.82) is 0 Å². The van der Waals surface area contributed by atoms with E-state index in [1.165, 1.54) is 0 Å². The van der Waals surface area contributed by atoms with Crippen LogP contribution in [0.4, 0.5) is 0 Å². The second kappa shape index (κ2) is 7.12. The quantitative estimate of drug-likeness (QED) is 0.483. The molecule has 0 unspecified atom stereocenters. The van der Waals surface area contributed by atoms with Crippen molar-refractivity contribution in [3.8, 4) is 0 Å². The second-order valence-corrected chi connectivity index (χ2v) is 61.3. The van der Waals surface area contributed by atoms with Gasteiger partial charge in [0.25, 0.3) is 0 Å². The molecule has 1 aromatic carbocycles. The molecule has 0 N–H and O–H groups in total. The Balaban J connectivity index is 0.000000187. The Morgan fingerprint density at radius 3 is 0.727 bits per heavy atom. The van der Waals surface area contributed by atoms with Gasteiger partial charge in [0, 0.05) is 0 Å². The molecule has 0 spiro atoms. The average Bonchev–Trinajstić information content (AvgIpc) is 1.88. The van der Waals surface area contributed by atoms with Gasteiger partial charge in [-0.2, -0.15) is 0 Å². The third kappa shape index (κ3) is 18.6. The van der Waals surface area contributed by atoms with E-state index in [2.05, 4.69) is 56.0 Å². The molecule has 0 bridgehead atoms. The molecule has 0 heterocycles. The van der Waals surface area contributed by atoms with Gasteiger partial charge in [0.05, 0.1) is 0 Å². The van der Waals surface area contributed by atoms with Crippen molar-refractivity contribution >= 4 is 61.9 Å². The predicted molar refractivity (Wildman–Crippen MR) is 67.9 cm³/mol. The van der Waals surface area contributed by atoms with Crippen LogP contribution in [0.15, 0.2) is 36.4 Å². The van der Waals surface area contributed by atoms with Gasteiger partial charge in [-0.05, 0) is 0 Å². The molecule has 1 rings (SSSR count). The number of hydrogen-bond donors (Lipinski definition) is 0. The summed E-state index contributed by atoms with van der Waals surface area (Å²) in [5.41, 5.74) is 0. The van der Waals surface area contributed by atoms with Crippen molar-refractivity contribution in [2.45, 2.75) is 0 Å². The van der Waals surface area contributed by atoms with Crippen LogP contribution in [-0.2, 0) is 0 Å². The van der Waals surface area contributed by atoms with Crippen molar-refractivity contribution in [1.82, 2.24) is 0 Å². The van der Waals surface area contributed by atoms with Crippen LogP contribution in [0.5, 0.6) is 0 Å². The molecule has 5 heteroatoms. The first-order valence-electron chi connectivity index (χ1n) is 2.76. The largest absolute Gasteiger partial charge is 0.0623 e. The number of rotatable bonds is 0. The first-order valence-corrected chi connectivity index (χ1v) is 22.4. The fraction of sp³-hybridized carbons (Fsp3) is 0. The van der Waals surface area contributed by atoms with Gasteiger partial charge in [-0.3, -0.25) is 0 Å². The van der Waals surface area contributed by atoms with Gasteiger partial charge in [0.1, 0.15) is 0 Å². The van der Waals surface area contributed by atoms with Crippen molar-refractivity contribution in [3.63, 3.8) is 0 Å².